The summed E-state index contributed by atoms with van der Waals surface area (Å²) in [5.74, 6) is -0.132. The first-order valence-electron chi connectivity index (χ1n) is 9.93. The minimum absolute atomic E-state index is 0.0929. The van der Waals surface area contributed by atoms with Gasteiger partial charge in [-0.3, -0.25) is 4.79 Å². The zero-order valence-electron chi connectivity index (χ0n) is 17.2. The van der Waals surface area contributed by atoms with Crippen LogP contribution in [0.25, 0.3) is 11.1 Å². The third-order valence-electron chi connectivity index (χ3n) is 5.07. The molecule has 1 heterocycles. The maximum atomic E-state index is 13.6. The minimum atomic E-state index is -4.70. The summed E-state index contributed by atoms with van der Waals surface area (Å²) in [6, 6.07) is 4.57. The van der Waals surface area contributed by atoms with E-state index in [1.807, 2.05) is 0 Å². The third-order valence-corrected chi connectivity index (χ3v) is 7.85. The monoisotopic (exact) mass is 475 g/mol. The predicted octanol–water partition coefficient (Wildman–Crippen LogP) is 4.96. The van der Waals surface area contributed by atoms with Crippen molar-refractivity contribution in [3.05, 3.63) is 40.1 Å². The number of rotatable bonds is 9. The van der Waals surface area contributed by atoms with Crippen molar-refractivity contribution >= 4 is 27.3 Å². The van der Waals surface area contributed by atoms with Crippen LogP contribution in [0.3, 0.4) is 0 Å². The fourth-order valence-electron chi connectivity index (χ4n) is 3.25. The van der Waals surface area contributed by atoms with Gasteiger partial charge in [-0.2, -0.15) is 13.2 Å². The van der Waals surface area contributed by atoms with Crippen LogP contribution >= 0.6 is 11.3 Å². The Morgan fingerprint density at radius 1 is 1.26 bits per heavy atom. The lowest BCUT2D eigenvalue weighted by Crippen LogP contribution is -2.29. The molecule has 2 aromatic rings. The highest BCUT2D eigenvalue weighted by Gasteiger charge is 2.35. The molecule has 1 fully saturated rings. The summed E-state index contributed by atoms with van der Waals surface area (Å²) in [7, 11) is -2.68. The molecular formula is C21H24F3NO4S2. The molecule has 0 amide bonds. The number of ether oxygens (including phenoxy) is 1. The van der Waals surface area contributed by atoms with Crippen molar-refractivity contribution in [1.29, 1.82) is 0 Å². The number of carbonyl (C=O) groups excluding carboxylic acids is 1. The standard InChI is InChI=1S/C21H24F3NO4S2/c1-3-29-20(26)7-6-19-18(8-9-30-19)15-10-16(21(22,23)24)12-17(11-15)31(27,28)25(2)13-14-4-5-14/h8-12,14H,3-7,13H2,1-2H3. The Hall–Kier alpha value is -1.91. The second kappa shape index (κ2) is 9.30. The molecule has 0 bridgehead atoms. The Bertz CT molecular complexity index is 1040. The molecule has 1 aliphatic rings. The van der Waals surface area contributed by atoms with Crippen LogP contribution in [0.15, 0.2) is 34.5 Å². The van der Waals surface area contributed by atoms with E-state index in [0.29, 0.717) is 22.9 Å². The van der Waals surface area contributed by atoms with Gasteiger partial charge in [0.2, 0.25) is 10.0 Å². The number of aryl methyl sites for hydroxylation is 1. The lowest BCUT2D eigenvalue weighted by atomic mass is 10.0. The molecule has 1 saturated carbocycles. The highest BCUT2D eigenvalue weighted by molar-refractivity contribution is 7.89. The fraction of sp³-hybridized carbons (Fsp3) is 0.476. The lowest BCUT2D eigenvalue weighted by molar-refractivity contribution is -0.143. The van der Waals surface area contributed by atoms with E-state index in [2.05, 4.69) is 0 Å². The number of carbonyl (C=O) groups is 1. The summed E-state index contributed by atoms with van der Waals surface area (Å²) < 4.78 is 72.7. The largest absolute Gasteiger partial charge is 0.466 e. The fourth-order valence-corrected chi connectivity index (χ4v) is 5.47. The zero-order valence-corrected chi connectivity index (χ0v) is 18.9. The predicted molar refractivity (Wildman–Crippen MR) is 112 cm³/mol. The van der Waals surface area contributed by atoms with Crippen molar-refractivity contribution in [3.63, 3.8) is 0 Å². The molecule has 0 atom stereocenters. The van der Waals surface area contributed by atoms with Crippen LogP contribution in [-0.2, 0) is 32.2 Å². The van der Waals surface area contributed by atoms with Crippen LogP contribution in [0.4, 0.5) is 13.2 Å². The second-order valence-electron chi connectivity index (χ2n) is 7.54. The minimum Gasteiger partial charge on any atom is -0.466 e. The molecule has 0 N–H and O–H groups in total. The Balaban J connectivity index is 1.99. The summed E-state index contributed by atoms with van der Waals surface area (Å²) in [5, 5.41) is 1.71. The highest BCUT2D eigenvalue weighted by atomic mass is 32.2. The van der Waals surface area contributed by atoms with Crippen LogP contribution in [-0.4, -0.2) is 38.9 Å². The van der Waals surface area contributed by atoms with Crippen LogP contribution in [0, 0.1) is 5.92 Å². The Kier molecular flexibility index (Phi) is 7.12. The Labute approximate surface area is 183 Å². The van der Waals surface area contributed by atoms with Crippen molar-refractivity contribution in [2.45, 2.75) is 43.7 Å². The SMILES string of the molecule is CCOC(=O)CCc1sccc1-c1cc(C(F)(F)F)cc(S(=O)(=O)N(C)CC2CC2)c1. The summed E-state index contributed by atoms with van der Waals surface area (Å²) >= 11 is 1.31. The van der Waals surface area contributed by atoms with E-state index in [4.69, 9.17) is 4.74 Å². The summed E-state index contributed by atoms with van der Waals surface area (Å²) in [4.78, 5) is 12.0. The van der Waals surface area contributed by atoms with Gasteiger partial charge >= 0.3 is 12.1 Å². The number of halogens is 3. The average molecular weight is 476 g/mol. The molecule has 170 valence electrons. The number of nitrogens with zero attached hydrogens (tertiary/aromatic N) is 1. The second-order valence-corrected chi connectivity index (χ2v) is 10.6. The molecule has 10 heteroatoms. The van der Waals surface area contributed by atoms with E-state index in [1.54, 1.807) is 18.4 Å². The van der Waals surface area contributed by atoms with Gasteiger partial charge in [-0.15, -0.1) is 11.3 Å². The smallest absolute Gasteiger partial charge is 0.416 e. The van der Waals surface area contributed by atoms with E-state index in [-0.39, 0.29) is 35.9 Å². The molecule has 0 radical (unpaired) electrons. The third kappa shape index (κ3) is 5.87. The number of alkyl halides is 3. The molecule has 31 heavy (non-hydrogen) atoms. The van der Waals surface area contributed by atoms with Gasteiger partial charge in [-0.25, -0.2) is 12.7 Å². The molecule has 1 aromatic heterocycles. The van der Waals surface area contributed by atoms with Gasteiger partial charge in [0, 0.05) is 18.5 Å². The first kappa shape index (κ1) is 23.7. The molecule has 0 unspecified atom stereocenters. The molecule has 1 aliphatic carbocycles. The van der Waals surface area contributed by atoms with Crippen molar-refractivity contribution in [2.75, 3.05) is 20.2 Å². The highest BCUT2D eigenvalue weighted by Crippen LogP contribution is 2.38. The molecular weight excluding hydrogens is 451 g/mol. The van der Waals surface area contributed by atoms with Crippen molar-refractivity contribution in [3.8, 4) is 11.1 Å². The van der Waals surface area contributed by atoms with Crippen LogP contribution in [0.1, 0.15) is 36.6 Å². The van der Waals surface area contributed by atoms with Gasteiger partial charge < -0.3 is 4.74 Å². The van der Waals surface area contributed by atoms with Gasteiger partial charge in [0.05, 0.1) is 23.5 Å². The summed E-state index contributed by atoms with van der Waals surface area (Å²) in [6.45, 7) is 2.23. The quantitative estimate of drug-likeness (QED) is 0.481. The zero-order chi connectivity index (χ0) is 22.8. The number of benzene rings is 1. The van der Waals surface area contributed by atoms with Gasteiger partial charge in [-0.1, -0.05) is 0 Å². The maximum Gasteiger partial charge on any atom is 0.416 e. The molecule has 0 spiro atoms. The number of hydrogen-bond donors (Lipinski definition) is 0. The first-order valence-corrected chi connectivity index (χ1v) is 12.2. The van der Waals surface area contributed by atoms with Crippen LogP contribution in [0.2, 0.25) is 0 Å². The van der Waals surface area contributed by atoms with Crippen molar-refractivity contribution in [1.82, 2.24) is 4.31 Å². The van der Waals surface area contributed by atoms with Gasteiger partial charge in [0.15, 0.2) is 0 Å². The van der Waals surface area contributed by atoms with Crippen molar-refractivity contribution in [2.24, 2.45) is 5.92 Å². The molecule has 1 aromatic carbocycles. The van der Waals surface area contributed by atoms with E-state index in [9.17, 15) is 26.4 Å². The van der Waals surface area contributed by atoms with Crippen LogP contribution < -0.4 is 0 Å². The number of esters is 1. The number of sulfonamides is 1. The van der Waals surface area contributed by atoms with E-state index in [0.717, 1.165) is 23.2 Å². The first-order chi connectivity index (χ1) is 14.5. The van der Waals surface area contributed by atoms with Gasteiger partial charge in [0.1, 0.15) is 0 Å². The summed E-state index contributed by atoms with van der Waals surface area (Å²) in [5.41, 5.74) is -0.374. The number of hydrogen-bond acceptors (Lipinski definition) is 5. The van der Waals surface area contributed by atoms with Gasteiger partial charge in [0.25, 0.3) is 0 Å². The molecule has 0 aliphatic heterocycles. The average Bonchev–Trinajstić information content (AvgIpc) is 3.38. The van der Waals surface area contributed by atoms with E-state index < -0.39 is 27.7 Å². The Morgan fingerprint density at radius 2 is 1.97 bits per heavy atom. The molecule has 0 saturated heterocycles. The summed E-state index contributed by atoms with van der Waals surface area (Å²) in [6.07, 6.45) is -2.46. The number of thiophene rings is 1. The van der Waals surface area contributed by atoms with E-state index in [1.165, 1.54) is 24.5 Å². The normalized spacial score (nSPS) is 14.8. The molecule has 3 rings (SSSR count). The Morgan fingerprint density at radius 3 is 2.58 bits per heavy atom. The lowest BCUT2D eigenvalue weighted by Gasteiger charge is -2.19. The van der Waals surface area contributed by atoms with Crippen LogP contribution in [0.5, 0.6) is 0 Å². The van der Waals surface area contributed by atoms with E-state index >= 15 is 0 Å². The maximum absolute atomic E-state index is 13.6. The molecule has 5 nitrogen and oxygen atoms in total. The topological polar surface area (TPSA) is 63.7 Å². The van der Waals surface area contributed by atoms with Gasteiger partial charge in [-0.05, 0) is 72.9 Å². The van der Waals surface area contributed by atoms with Crippen molar-refractivity contribution < 1.29 is 31.1 Å².